The lowest BCUT2D eigenvalue weighted by Crippen LogP contribution is -2.13. The molecular weight excluding hydrogens is 282 g/mol. The summed E-state index contributed by atoms with van der Waals surface area (Å²) in [5.41, 5.74) is 9.91. The van der Waals surface area contributed by atoms with E-state index in [4.69, 9.17) is 22.1 Å². The van der Waals surface area contributed by atoms with Crippen LogP contribution in [0.1, 0.15) is 37.5 Å². The average molecular weight is 304 g/mol. The first-order chi connectivity index (χ1) is 9.77. The van der Waals surface area contributed by atoms with Crippen molar-refractivity contribution in [1.82, 2.24) is 0 Å². The van der Waals surface area contributed by atoms with Crippen molar-refractivity contribution >= 4 is 17.3 Å². The van der Waals surface area contributed by atoms with Gasteiger partial charge in [-0.25, -0.2) is 0 Å². The Hall–Kier alpha value is -1.67. The monoisotopic (exact) mass is 303 g/mol. The molecule has 0 aliphatic rings. The molecule has 2 nitrogen and oxygen atoms in total. The van der Waals surface area contributed by atoms with Gasteiger partial charge in [0.1, 0.15) is 12.4 Å². The summed E-state index contributed by atoms with van der Waals surface area (Å²) >= 11 is 5.93. The molecule has 0 aromatic heterocycles. The number of hydrogen-bond acceptors (Lipinski definition) is 2. The van der Waals surface area contributed by atoms with Gasteiger partial charge in [-0.15, -0.1) is 0 Å². The topological polar surface area (TPSA) is 35.2 Å². The van der Waals surface area contributed by atoms with Crippen molar-refractivity contribution in [2.45, 2.75) is 39.7 Å². The number of rotatable bonds is 3. The van der Waals surface area contributed by atoms with E-state index in [1.807, 2.05) is 18.2 Å². The van der Waals surface area contributed by atoms with Gasteiger partial charge in [0, 0.05) is 0 Å². The molecule has 0 bridgehead atoms. The van der Waals surface area contributed by atoms with Crippen LogP contribution < -0.4 is 10.5 Å². The minimum atomic E-state index is 0.0420. The number of anilines is 1. The molecule has 0 saturated heterocycles. The Kier molecular flexibility index (Phi) is 4.48. The summed E-state index contributed by atoms with van der Waals surface area (Å²) in [6.45, 7) is 9.14. The molecular formula is C18H22ClNO. The van der Waals surface area contributed by atoms with Crippen molar-refractivity contribution in [2.24, 2.45) is 0 Å². The Morgan fingerprint density at radius 1 is 1.10 bits per heavy atom. The fourth-order valence-corrected chi connectivity index (χ4v) is 2.32. The molecule has 0 aliphatic carbocycles. The fourth-order valence-electron chi connectivity index (χ4n) is 2.20. The van der Waals surface area contributed by atoms with Crippen LogP contribution in [0.4, 0.5) is 5.69 Å². The van der Waals surface area contributed by atoms with E-state index in [0.717, 1.165) is 11.3 Å². The molecule has 0 radical (unpaired) electrons. The van der Waals surface area contributed by atoms with E-state index in [2.05, 4.69) is 39.8 Å². The Balaban J connectivity index is 2.22. The predicted octanol–water partition coefficient (Wildman–Crippen LogP) is 5.11. The minimum Gasteiger partial charge on any atom is -0.489 e. The molecule has 0 spiro atoms. The van der Waals surface area contributed by atoms with Gasteiger partial charge >= 0.3 is 0 Å². The molecule has 2 aromatic rings. The highest BCUT2D eigenvalue weighted by atomic mass is 35.5. The van der Waals surface area contributed by atoms with Crippen molar-refractivity contribution in [3.8, 4) is 5.75 Å². The van der Waals surface area contributed by atoms with Crippen molar-refractivity contribution in [3.05, 3.63) is 58.1 Å². The summed E-state index contributed by atoms with van der Waals surface area (Å²) < 4.78 is 6.00. The molecule has 2 rings (SSSR count). The minimum absolute atomic E-state index is 0.0420. The van der Waals surface area contributed by atoms with Crippen molar-refractivity contribution in [2.75, 3.05) is 5.73 Å². The molecule has 21 heavy (non-hydrogen) atoms. The third-order valence-electron chi connectivity index (χ3n) is 3.40. The number of ether oxygens (including phenoxy) is 1. The molecule has 0 fully saturated rings. The molecule has 0 aliphatic heterocycles. The summed E-state index contributed by atoms with van der Waals surface area (Å²) in [4.78, 5) is 0. The van der Waals surface area contributed by atoms with Gasteiger partial charge in [0.05, 0.1) is 10.7 Å². The third-order valence-corrected chi connectivity index (χ3v) is 3.74. The van der Waals surface area contributed by atoms with E-state index in [9.17, 15) is 0 Å². The second kappa shape index (κ2) is 5.98. The summed E-state index contributed by atoms with van der Waals surface area (Å²) in [7, 11) is 0. The standard InChI is InChI=1S/C18H22ClNO/c1-12-5-8-17(14(9-12)18(2,3)4)21-11-13-6-7-15(19)16(20)10-13/h5-10H,11,20H2,1-4H3. The average Bonchev–Trinajstić information content (AvgIpc) is 2.40. The molecule has 0 saturated carbocycles. The Labute approximate surface area is 131 Å². The van der Waals surface area contributed by atoms with Crippen LogP contribution in [0.15, 0.2) is 36.4 Å². The quantitative estimate of drug-likeness (QED) is 0.800. The fraction of sp³-hybridized carbons (Fsp3) is 0.333. The first-order valence-corrected chi connectivity index (χ1v) is 7.43. The molecule has 0 heterocycles. The number of nitrogens with two attached hydrogens (primary N) is 1. The second-order valence-corrected chi connectivity index (χ2v) is 6.80. The Morgan fingerprint density at radius 3 is 2.43 bits per heavy atom. The van der Waals surface area contributed by atoms with Crippen LogP contribution in [0.3, 0.4) is 0 Å². The highest BCUT2D eigenvalue weighted by Crippen LogP contribution is 2.32. The normalized spacial score (nSPS) is 11.5. The van der Waals surface area contributed by atoms with Crippen LogP contribution in [-0.2, 0) is 12.0 Å². The van der Waals surface area contributed by atoms with Gasteiger partial charge in [0.25, 0.3) is 0 Å². The summed E-state index contributed by atoms with van der Waals surface area (Å²) in [6.07, 6.45) is 0. The van der Waals surface area contributed by atoms with Crippen molar-refractivity contribution in [1.29, 1.82) is 0 Å². The van der Waals surface area contributed by atoms with E-state index in [1.165, 1.54) is 11.1 Å². The second-order valence-electron chi connectivity index (χ2n) is 6.39. The molecule has 0 amide bonds. The molecule has 0 unspecified atom stereocenters. The summed E-state index contributed by atoms with van der Waals surface area (Å²) in [6, 6.07) is 11.9. The third kappa shape index (κ3) is 3.92. The van der Waals surface area contributed by atoms with Gasteiger partial charge in [0.15, 0.2) is 0 Å². The molecule has 3 heteroatoms. The number of benzene rings is 2. The van der Waals surface area contributed by atoms with Crippen LogP contribution in [0.5, 0.6) is 5.75 Å². The SMILES string of the molecule is Cc1ccc(OCc2ccc(Cl)c(N)c2)c(C(C)(C)C)c1. The number of nitrogen functional groups attached to an aromatic ring is 1. The maximum atomic E-state index is 6.00. The van der Waals surface area contributed by atoms with Gasteiger partial charge < -0.3 is 10.5 Å². The summed E-state index contributed by atoms with van der Waals surface area (Å²) in [5, 5.41) is 0.574. The maximum Gasteiger partial charge on any atom is 0.123 e. The lowest BCUT2D eigenvalue weighted by atomic mass is 9.85. The van der Waals surface area contributed by atoms with Gasteiger partial charge in [-0.2, -0.15) is 0 Å². The zero-order chi connectivity index (χ0) is 15.6. The zero-order valence-electron chi connectivity index (χ0n) is 13.0. The van der Waals surface area contributed by atoms with Gasteiger partial charge in [0.2, 0.25) is 0 Å². The van der Waals surface area contributed by atoms with Gasteiger partial charge in [-0.3, -0.25) is 0 Å². The number of aryl methyl sites for hydroxylation is 1. The molecule has 0 atom stereocenters. The van der Waals surface area contributed by atoms with Crippen LogP contribution in [0.2, 0.25) is 5.02 Å². The van der Waals surface area contributed by atoms with Crippen LogP contribution >= 0.6 is 11.6 Å². The maximum absolute atomic E-state index is 6.00. The highest BCUT2D eigenvalue weighted by Gasteiger charge is 2.19. The van der Waals surface area contributed by atoms with E-state index in [1.54, 1.807) is 6.07 Å². The van der Waals surface area contributed by atoms with E-state index in [0.29, 0.717) is 17.3 Å². The van der Waals surface area contributed by atoms with Crippen LogP contribution in [0, 0.1) is 6.92 Å². The zero-order valence-corrected chi connectivity index (χ0v) is 13.8. The number of hydrogen-bond donors (Lipinski definition) is 1. The van der Waals surface area contributed by atoms with Gasteiger partial charge in [-0.05, 0) is 41.7 Å². The van der Waals surface area contributed by atoms with E-state index in [-0.39, 0.29) is 5.41 Å². The lowest BCUT2D eigenvalue weighted by Gasteiger charge is -2.23. The first-order valence-electron chi connectivity index (χ1n) is 7.05. The highest BCUT2D eigenvalue weighted by molar-refractivity contribution is 6.33. The lowest BCUT2D eigenvalue weighted by molar-refractivity contribution is 0.297. The Morgan fingerprint density at radius 2 is 1.81 bits per heavy atom. The smallest absolute Gasteiger partial charge is 0.123 e. The van der Waals surface area contributed by atoms with Gasteiger partial charge in [-0.1, -0.05) is 56.1 Å². The first kappa shape index (κ1) is 15.7. The Bertz CT molecular complexity index is 644. The van der Waals surface area contributed by atoms with Crippen molar-refractivity contribution in [3.63, 3.8) is 0 Å². The van der Waals surface area contributed by atoms with Crippen molar-refractivity contribution < 1.29 is 4.74 Å². The largest absolute Gasteiger partial charge is 0.489 e. The molecule has 2 N–H and O–H groups in total. The summed E-state index contributed by atoms with van der Waals surface area (Å²) in [5.74, 6) is 0.918. The number of halogens is 1. The van der Waals surface area contributed by atoms with E-state index < -0.39 is 0 Å². The molecule has 2 aromatic carbocycles. The molecule has 112 valence electrons. The van der Waals surface area contributed by atoms with Crippen LogP contribution in [0.25, 0.3) is 0 Å². The van der Waals surface area contributed by atoms with Crippen LogP contribution in [-0.4, -0.2) is 0 Å². The predicted molar refractivity (Wildman–Crippen MR) is 90.1 cm³/mol. The van der Waals surface area contributed by atoms with E-state index >= 15 is 0 Å².